The van der Waals surface area contributed by atoms with Crippen LogP contribution in [0, 0.1) is 0 Å². The van der Waals surface area contributed by atoms with Crippen LogP contribution >= 0.6 is 0 Å². The molecule has 0 unspecified atom stereocenters. The second kappa shape index (κ2) is 5.74. The van der Waals surface area contributed by atoms with Gasteiger partial charge in [-0.05, 0) is 20.8 Å². The van der Waals surface area contributed by atoms with E-state index in [-0.39, 0.29) is 6.61 Å². The first-order chi connectivity index (χ1) is 7.52. The van der Waals surface area contributed by atoms with Crippen molar-refractivity contribution in [3.05, 3.63) is 0 Å². The van der Waals surface area contributed by atoms with Crippen molar-refractivity contribution in [2.24, 2.45) is 0 Å². The van der Waals surface area contributed by atoms with E-state index in [4.69, 9.17) is 0 Å². The zero-order chi connectivity index (χ0) is 13.7. The highest BCUT2D eigenvalue weighted by molar-refractivity contribution is 5.81. The van der Waals surface area contributed by atoms with Crippen LogP contribution in [0.5, 0.6) is 0 Å². The van der Waals surface area contributed by atoms with Crippen molar-refractivity contribution >= 4 is 12.0 Å². The zero-order valence-electron chi connectivity index (χ0n) is 9.77. The number of amides is 2. The van der Waals surface area contributed by atoms with Gasteiger partial charge in [0.25, 0.3) is 0 Å². The third-order valence-electron chi connectivity index (χ3n) is 1.36. The maximum Gasteiger partial charge on any atom is 0.471 e. The largest absolute Gasteiger partial charge is 0.471 e. The molecule has 0 aliphatic heterocycles. The summed E-state index contributed by atoms with van der Waals surface area (Å²) in [4.78, 5) is 21.4. The van der Waals surface area contributed by atoms with Crippen molar-refractivity contribution in [1.29, 1.82) is 0 Å². The number of carbonyl (C=O) groups is 2. The van der Waals surface area contributed by atoms with E-state index >= 15 is 0 Å². The topological polar surface area (TPSA) is 67.4 Å². The zero-order valence-corrected chi connectivity index (χ0v) is 9.77. The van der Waals surface area contributed by atoms with Gasteiger partial charge in [-0.15, -0.1) is 0 Å². The predicted octanol–water partition coefficient (Wildman–Crippen LogP) is 1.19. The summed E-state index contributed by atoms with van der Waals surface area (Å²) in [5.74, 6) is -2.06. The van der Waals surface area contributed by atoms with Crippen LogP contribution in [-0.2, 0) is 9.53 Å². The van der Waals surface area contributed by atoms with Gasteiger partial charge in [-0.3, -0.25) is 4.79 Å². The van der Waals surface area contributed by atoms with Gasteiger partial charge in [0.2, 0.25) is 0 Å². The summed E-state index contributed by atoms with van der Waals surface area (Å²) in [5, 5.41) is 4.01. The lowest BCUT2D eigenvalue weighted by Gasteiger charge is -2.19. The molecule has 0 atom stereocenters. The predicted molar refractivity (Wildman–Crippen MR) is 53.3 cm³/mol. The Kier molecular flexibility index (Phi) is 5.24. The van der Waals surface area contributed by atoms with E-state index in [0.717, 1.165) is 0 Å². The fourth-order valence-electron chi connectivity index (χ4n) is 0.751. The second-order valence-electron chi connectivity index (χ2n) is 4.26. The third kappa shape index (κ3) is 8.35. The number of halogens is 3. The molecule has 0 spiro atoms. The third-order valence-corrected chi connectivity index (χ3v) is 1.36. The average Bonchev–Trinajstić information content (AvgIpc) is 2.07. The van der Waals surface area contributed by atoms with Gasteiger partial charge in [0.05, 0.1) is 6.54 Å². The number of hydrogen-bond acceptors (Lipinski definition) is 3. The van der Waals surface area contributed by atoms with Crippen LogP contribution in [0.4, 0.5) is 18.0 Å². The first-order valence-corrected chi connectivity index (χ1v) is 4.82. The van der Waals surface area contributed by atoms with Crippen molar-refractivity contribution in [3.8, 4) is 0 Å². The van der Waals surface area contributed by atoms with Crippen molar-refractivity contribution in [2.75, 3.05) is 13.2 Å². The SMILES string of the molecule is CC(C)(C)NC(=O)OCCNC(=O)C(F)(F)F. The van der Waals surface area contributed by atoms with E-state index in [2.05, 4.69) is 10.1 Å². The first kappa shape index (κ1) is 15.5. The van der Waals surface area contributed by atoms with Crippen LogP contribution in [0.1, 0.15) is 20.8 Å². The van der Waals surface area contributed by atoms with Gasteiger partial charge in [-0.2, -0.15) is 13.2 Å². The summed E-state index contributed by atoms with van der Waals surface area (Å²) >= 11 is 0. The molecule has 0 rings (SSSR count). The molecule has 0 bridgehead atoms. The lowest BCUT2D eigenvalue weighted by atomic mass is 10.1. The molecule has 0 saturated heterocycles. The van der Waals surface area contributed by atoms with Gasteiger partial charge in [0.1, 0.15) is 6.61 Å². The summed E-state index contributed by atoms with van der Waals surface area (Å²) in [6.45, 7) is 4.44. The van der Waals surface area contributed by atoms with Crippen LogP contribution in [0.2, 0.25) is 0 Å². The van der Waals surface area contributed by atoms with Crippen LogP contribution in [-0.4, -0.2) is 36.9 Å². The highest BCUT2D eigenvalue weighted by atomic mass is 19.4. The summed E-state index contributed by atoms with van der Waals surface area (Å²) in [6.07, 6.45) is -5.67. The highest BCUT2D eigenvalue weighted by Gasteiger charge is 2.38. The van der Waals surface area contributed by atoms with E-state index in [1.54, 1.807) is 26.1 Å². The molecule has 0 radical (unpaired) electrons. The molecule has 100 valence electrons. The molecule has 0 heterocycles. The number of alkyl carbamates (subject to hydrolysis) is 1. The van der Waals surface area contributed by atoms with Crippen LogP contribution < -0.4 is 10.6 Å². The lowest BCUT2D eigenvalue weighted by molar-refractivity contribution is -0.173. The van der Waals surface area contributed by atoms with E-state index < -0.39 is 30.3 Å². The van der Waals surface area contributed by atoms with Crippen LogP contribution in [0.15, 0.2) is 0 Å². The first-order valence-electron chi connectivity index (χ1n) is 4.82. The van der Waals surface area contributed by atoms with Crippen LogP contribution in [0.3, 0.4) is 0 Å². The van der Waals surface area contributed by atoms with Gasteiger partial charge in [0.15, 0.2) is 0 Å². The van der Waals surface area contributed by atoms with Gasteiger partial charge >= 0.3 is 18.2 Å². The standard InChI is InChI=1S/C9H15F3N2O3/c1-8(2,3)14-7(16)17-5-4-13-6(15)9(10,11)12/h4-5H2,1-3H3,(H,13,15)(H,14,16). The minimum absolute atomic E-state index is 0.330. The summed E-state index contributed by atoms with van der Waals surface area (Å²) in [6, 6.07) is 0. The summed E-state index contributed by atoms with van der Waals surface area (Å²) < 4.78 is 39.7. The van der Waals surface area contributed by atoms with Gasteiger partial charge in [-0.25, -0.2) is 4.79 Å². The average molecular weight is 256 g/mol. The Bertz CT molecular complexity index is 284. The van der Waals surface area contributed by atoms with Gasteiger partial charge in [0, 0.05) is 5.54 Å². The molecule has 0 aromatic rings. The van der Waals surface area contributed by atoms with Gasteiger partial charge < -0.3 is 15.4 Å². The number of ether oxygens (including phenoxy) is 1. The number of alkyl halides is 3. The highest BCUT2D eigenvalue weighted by Crippen LogP contribution is 2.13. The normalized spacial score (nSPS) is 11.9. The molecule has 2 N–H and O–H groups in total. The van der Waals surface area contributed by atoms with E-state index in [1.807, 2.05) is 0 Å². The molecule has 17 heavy (non-hydrogen) atoms. The number of nitrogens with one attached hydrogen (secondary N) is 2. The molecule has 2 amide bonds. The molecule has 0 aliphatic carbocycles. The minimum Gasteiger partial charge on any atom is -0.448 e. The molecular formula is C9H15F3N2O3. The van der Waals surface area contributed by atoms with Crippen LogP contribution in [0.25, 0.3) is 0 Å². The van der Waals surface area contributed by atoms with Crippen molar-refractivity contribution in [2.45, 2.75) is 32.5 Å². The monoisotopic (exact) mass is 256 g/mol. The van der Waals surface area contributed by atoms with Crippen molar-refractivity contribution in [1.82, 2.24) is 10.6 Å². The molecule has 5 nitrogen and oxygen atoms in total. The van der Waals surface area contributed by atoms with Crippen molar-refractivity contribution < 1.29 is 27.5 Å². The Hall–Kier alpha value is -1.47. The molecule has 0 aromatic heterocycles. The Morgan fingerprint density at radius 2 is 1.71 bits per heavy atom. The van der Waals surface area contributed by atoms with Crippen molar-refractivity contribution in [3.63, 3.8) is 0 Å². The molecule has 0 aliphatic rings. The number of hydrogen-bond donors (Lipinski definition) is 2. The Morgan fingerprint density at radius 3 is 2.12 bits per heavy atom. The molecule has 0 fully saturated rings. The van der Waals surface area contributed by atoms with E-state index in [1.165, 1.54) is 0 Å². The molecule has 0 aromatic carbocycles. The fraction of sp³-hybridized carbons (Fsp3) is 0.778. The van der Waals surface area contributed by atoms with Gasteiger partial charge in [-0.1, -0.05) is 0 Å². The Labute approximate surface area is 96.7 Å². The fourth-order valence-corrected chi connectivity index (χ4v) is 0.751. The Morgan fingerprint density at radius 1 is 1.18 bits per heavy atom. The maximum absolute atomic E-state index is 11.7. The lowest BCUT2D eigenvalue weighted by Crippen LogP contribution is -2.42. The molecule has 0 saturated carbocycles. The van der Waals surface area contributed by atoms with E-state index in [9.17, 15) is 22.8 Å². The second-order valence-corrected chi connectivity index (χ2v) is 4.26. The smallest absolute Gasteiger partial charge is 0.448 e. The molecule has 8 heteroatoms. The summed E-state index contributed by atoms with van der Waals surface area (Å²) in [5.41, 5.74) is -0.494. The quantitative estimate of drug-likeness (QED) is 0.745. The Balaban J connectivity index is 3.73. The summed E-state index contributed by atoms with van der Waals surface area (Å²) in [7, 11) is 0. The maximum atomic E-state index is 11.7. The number of rotatable bonds is 3. The van der Waals surface area contributed by atoms with E-state index in [0.29, 0.717) is 0 Å². The number of carbonyl (C=O) groups excluding carboxylic acids is 2. The molecular weight excluding hydrogens is 241 g/mol. The minimum atomic E-state index is -4.92.